The summed E-state index contributed by atoms with van der Waals surface area (Å²) >= 11 is 0. The van der Waals surface area contributed by atoms with Crippen LogP contribution in [-0.4, -0.2) is 29.8 Å². The molecule has 0 aromatic carbocycles. The molecule has 21 heavy (non-hydrogen) atoms. The number of hydrogen-bond donors (Lipinski definition) is 0. The summed E-state index contributed by atoms with van der Waals surface area (Å²) in [6.07, 6.45) is 4.30. The molecule has 0 amide bonds. The second kappa shape index (κ2) is 5.44. The fraction of sp³-hybridized carbons (Fsp3) is 1.00. The SMILES string of the molecule is CCC1(C)O[SiH2-]2O[SiH2-](OC1(C)CC)C(C)(CC)C2(C)CC. The van der Waals surface area contributed by atoms with Crippen molar-refractivity contribution in [3.05, 3.63) is 0 Å². The molecular weight excluding hydrogens is 296 g/mol. The second-order valence-electron chi connectivity index (χ2n) is 8.30. The average molecular weight is 333 g/mol. The molecule has 0 spiro atoms. The van der Waals surface area contributed by atoms with Gasteiger partial charge in [-0.2, -0.15) is 0 Å². The van der Waals surface area contributed by atoms with Gasteiger partial charge in [-0.1, -0.05) is 0 Å². The standard InChI is InChI=1S/C16H36O3Si2/c1-9-13(5)14(6,10-2)18-21-16(8,12-4)15(7,11-3)20(17-13)19-21/h9-12,20-21H2,1-8H3/q-2. The Hall–Kier alpha value is 0.314. The summed E-state index contributed by atoms with van der Waals surface area (Å²) in [5.41, 5.74) is -0.381. The predicted octanol–water partition coefficient (Wildman–Crippen LogP) is 3.65. The molecule has 0 saturated carbocycles. The van der Waals surface area contributed by atoms with Gasteiger partial charge in [0.2, 0.25) is 0 Å². The predicted molar refractivity (Wildman–Crippen MR) is 95.1 cm³/mol. The summed E-state index contributed by atoms with van der Waals surface area (Å²) in [5, 5.41) is 0.476. The van der Waals surface area contributed by atoms with Crippen LogP contribution in [0.2, 0.25) is 10.1 Å². The zero-order valence-corrected chi connectivity index (χ0v) is 18.3. The molecule has 0 N–H and O–H groups in total. The van der Waals surface area contributed by atoms with Gasteiger partial charge < -0.3 is 0 Å². The third kappa shape index (κ3) is 2.15. The van der Waals surface area contributed by atoms with Gasteiger partial charge in [-0.15, -0.1) is 0 Å². The van der Waals surface area contributed by atoms with E-state index in [1.807, 2.05) is 0 Å². The van der Waals surface area contributed by atoms with E-state index < -0.39 is 18.6 Å². The maximum atomic E-state index is 6.82. The van der Waals surface area contributed by atoms with E-state index in [2.05, 4.69) is 55.4 Å². The fourth-order valence-electron chi connectivity index (χ4n) is 4.82. The Morgan fingerprint density at radius 1 is 0.619 bits per heavy atom. The van der Waals surface area contributed by atoms with E-state index in [0.29, 0.717) is 0 Å². The van der Waals surface area contributed by atoms with Crippen LogP contribution in [-0.2, 0) is 13.0 Å². The summed E-state index contributed by atoms with van der Waals surface area (Å²) in [7, 11) is -4.34. The van der Waals surface area contributed by atoms with Crippen molar-refractivity contribution in [1.29, 1.82) is 0 Å². The Morgan fingerprint density at radius 3 is 1.19 bits per heavy atom. The Balaban J connectivity index is 2.50. The third-order valence-corrected chi connectivity index (χ3v) is 18.6. The van der Waals surface area contributed by atoms with Crippen molar-refractivity contribution in [2.24, 2.45) is 0 Å². The van der Waals surface area contributed by atoms with Gasteiger partial charge in [-0.25, -0.2) is 0 Å². The Kier molecular flexibility index (Phi) is 4.58. The minimum absolute atomic E-state index is 0.191. The quantitative estimate of drug-likeness (QED) is 0.736. The van der Waals surface area contributed by atoms with Crippen LogP contribution in [0, 0.1) is 0 Å². The van der Waals surface area contributed by atoms with Crippen LogP contribution in [0.25, 0.3) is 0 Å². The summed E-state index contributed by atoms with van der Waals surface area (Å²) in [6.45, 7) is 18.4. The van der Waals surface area contributed by atoms with Gasteiger partial charge in [-0.3, -0.25) is 0 Å². The minimum atomic E-state index is -2.17. The van der Waals surface area contributed by atoms with Crippen molar-refractivity contribution in [2.75, 3.05) is 0 Å². The molecule has 2 aliphatic rings. The maximum absolute atomic E-state index is 6.82. The molecule has 2 aliphatic heterocycles. The van der Waals surface area contributed by atoms with Crippen LogP contribution in [0.5, 0.6) is 0 Å². The normalized spacial score (nSPS) is 50.3. The molecule has 2 bridgehead atoms. The van der Waals surface area contributed by atoms with Crippen molar-refractivity contribution in [3.8, 4) is 0 Å². The molecule has 0 aromatic heterocycles. The number of hydrogen-bond acceptors (Lipinski definition) is 3. The topological polar surface area (TPSA) is 27.7 Å². The van der Waals surface area contributed by atoms with Crippen LogP contribution >= 0.6 is 0 Å². The van der Waals surface area contributed by atoms with Gasteiger partial charge in [0.15, 0.2) is 0 Å². The van der Waals surface area contributed by atoms with Crippen molar-refractivity contribution in [2.45, 2.75) is 102 Å². The Morgan fingerprint density at radius 2 is 0.952 bits per heavy atom. The van der Waals surface area contributed by atoms with E-state index in [-0.39, 0.29) is 21.3 Å². The molecular formula is C16H36O3Si2-2. The van der Waals surface area contributed by atoms with E-state index in [1.54, 1.807) is 0 Å². The van der Waals surface area contributed by atoms with Crippen molar-refractivity contribution >= 4 is 18.6 Å². The first-order valence-electron chi connectivity index (χ1n) is 9.01. The summed E-state index contributed by atoms with van der Waals surface area (Å²) in [6, 6.07) is 0. The van der Waals surface area contributed by atoms with Gasteiger partial charge in [0.05, 0.1) is 0 Å². The Labute approximate surface area is 134 Å². The molecule has 0 aliphatic carbocycles. The van der Waals surface area contributed by atoms with Gasteiger partial charge in [-0.05, 0) is 0 Å². The summed E-state index contributed by atoms with van der Waals surface area (Å²) < 4.78 is 20.3. The molecule has 5 heteroatoms. The molecule has 0 radical (unpaired) electrons. The van der Waals surface area contributed by atoms with E-state index in [9.17, 15) is 0 Å². The van der Waals surface area contributed by atoms with E-state index in [4.69, 9.17) is 13.0 Å². The van der Waals surface area contributed by atoms with Crippen LogP contribution in [0.3, 0.4) is 0 Å². The van der Waals surface area contributed by atoms with E-state index >= 15 is 0 Å². The molecule has 128 valence electrons. The summed E-state index contributed by atoms with van der Waals surface area (Å²) in [5.74, 6) is 0. The zero-order chi connectivity index (χ0) is 16.1. The first-order valence-corrected chi connectivity index (χ1v) is 12.7. The third-order valence-electron chi connectivity index (χ3n) is 8.03. The molecule has 0 aromatic rings. The van der Waals surface area contributed by atoms with Gasteiger partial charge >= 0.3 is 134 Å². The van der Waals surface area contributed by atoms with Crippen LogP contribution < -0.4 is 0 Å². The van der Waals surface area contributed by atoms with Gasteiger partial charge in [0.25, 0.3) is 0 Å². The molecule has 4 unspecified atom stereocenters. The van der Waals surface area contributed by atoms with Crippen LogP contribution in [0.4, 0.5) is 0 Å². The van der Waals surface area contributed by atoms with Crippen molar-refractivity contribution in [1.82, 2.24) is 0 Å². The van der Waals surface area contributed by atoms with E-state index in [0.717, 1.165) is 25.7 Å². The first-order chi connectivity index (χ1) is 9.66. The van der Waals surface area contributed by atoms with Gasteiger partial charge in [0.1, 0.15) is 0 Å². The summed E-state index contributed by atoms with van der Waals surface area (Å²) in [4.78, 5) is 0. The molecule has 2 saturated heterocycles. The monoisotopic (exact) mass is 332 g/mol. The fourth-order valence-corrected chi connectivity index (χ4v) is 17.2. The average Bonchev–Trinajstić information content (AvgIpc) is 2.61. The first kappa shape index (κ1) is 17.7. The van der Waals surface area contributed by atoms with Crippen LogP contribution in [0.1, 0.15) is 81.1 Å². The molecule has 2 heterocycles. The second-order valence-corrected chi connectivity index (χ2v) is 15.3. The number of rotatable bonds is 4. The van der Waals surface area contributed by atoms with Crippen molar-refractivity contribution < 1.29 is 13.0 Å². The van der Waals surface area contributed by atoms with Crippen molar-refractivity contribution in [3.63, 3.8) is 0 Å². The molecule has 2 fully saturated rings. The zero-order valence-electron chi connectivity index (χ0n) is 15.5. The van der Waals surface area contributed by atoms with Gasteiger partial charge in [0, 0.05) is 0 Å². The number of fused-ring (bicyclic) bond motifs is 2. The van der Waals surface area contributed by atoms with E-state index in [1.165, 1.54) is 0 Å². The Bertz CT molecular complexity index is 371. The molecule has 4 atom stereocenters. The molecule has 2 rings (SSSR count). The molecule has 3 nitrogen and oxygen atoms in total. The van der Waals surface area contributed by atoms with Crippen LogP contribution in [0.15, 0.2) is 0 Å².